The van der Waals surface area contributed by atoms with E-state index in [1.54, 1.807) is 0 Å². The molecular formula is C15H21NS. The lowest BCUT2D eigenvalue weighted by Gasteiger charge is -2.21. The van der Waals surface area contributed by atoms with E-state index < -0.39 is 0 Å². The zero-order valence-electron chi connectivity index (χ0n) is 10.3. The third-order valence-corrected chi connectivity index (χ3v) is 5.70. The van der Waals surface area contributed by atoms with Crippen LogP contribution >= 0.6 is 11.8 Å². The van der Waals surface area contributed by atoms with E-state index in [2.05, 4.69) is 24.3 Å². The van der Waals surface area contributed by atoms with Crippen molar-refractivity contribution in [3.05, 3.63) is 29.8 Å². The average Bonchev–Trinajstić information content (AvgIpc) is 2.96. The van der Waals surface area contributed by atoms with Gasteiger partial charge in [0.1, 0.15) is 0 Å². The van der Waals surface area contributed by atoms with Gasteiger partial charge in [-0.05, 0) is 30.4 Å². The molecule has 1 fully saturated rings. The lowest BCUT2D eigenvalue weighted by Crippen LogP contribution is -2.33. The molecule has 92 valence electrons. The van der Waals surface area contributed by atoms with E-state index in [1.165, 1.54) is 49.0 Å². The maximum Gasteiger partial charge on any atom is 0.0287 e. The second-order valence-corrected chi connectivity index (χ2v) is 6.80. The van der Waals surface area contributed by atoms with Crippen LogP contribution in [0.15, 0.2) is 29.2 Å². The van der Waals surface area contributed by atoms with Crippen molar-refractivity contribution in [3.63, 3.8) is 0 Å². The molecule has 0 saturated heterocycles. The zero-order valence-corrected chi connectivity index (χ0v) is 11.1. The fourth-order valence-electron chi connectivity index (χ4n) is 3.23. The highest BCUT2D eigenvalue weighted by atomic mass is 32.2. The summed E-state index contributed by atoms with van der Waals surface area (Å²) in [5.41, 5.74) is 7.92. The van der Waals surface area contributed by atoms with Gasteiger partial charge in [-0.25, -0.2) is 0 Å². The second kappa shape index (κ2) is 5.03. The molecule has 0 amide bonds. The van der Waals surface area contributed by atoms with Crippen molar-refractivity contribution in [3.8, 4) is 0 Å². The Morgan fingerprint density at radius 1 is 1.24 bits per heavy atom. The van der Waals surface area contributed by atoms with E-state index in [1.807, 2.05) is 11.8 Å². The van der Waals surface area contributed by atoms with E-state index in [4.69, 9.17) is 5.73 Å². The molecule has 1 aromatic carbocycles. The van der Waals surface area contributed by atoms with Crippen LogP contribution in [-0.4, -0.2) is 11.3 Å². The molecule has 0 aromatic heterocycles. The lowest BCUT2D eigenvalue weighted by atomic mass is 9.94. The van der Waals surface area contributed by atoms with E-state index in [9.17, 15) is 0 Å². The summed E-state index contributed by atoms with van der Waals surface area (Å²) >= 11 is 2.00. The van der Waals surface area contributed by atoms with Gasteiger partial charge in [-0.15, -0.1) is 11.8 Å². The molecule has 1 heterocycles. The van der Waals surface area contributed by atoms with Gasteiger partial charge in [-0.1, -0.05) is 43.9 Å². The summed E-state index contributed by atoms with van der Waals surface area (Å²) in [7, 11) is 0. The van der Waals surface area contributed by atoms with Gasteiger partial charge in [0, 0.05) is 16.2 Å². The van der Waals surface area contributed by atoms with Crippen molar-refractivity contribution >= 4 is 11.8 Å². The van der Waals surface area contributed by atoms with Crippen LogP contribution in [0.3, 0.4) is 0 Å². The maximum absolute atomic E-state index is 6.42. The van der Waals surface area contributed by atoms with Crippen molar-refractivity contribution in [2.24, 2.45) is 11.7 Å². The highest BCUT2D eigenvalue weighted by molar-refractivity contribution is 8.00. The predicted molar refractivity (Wildman–Crippen MR) is 74.3 cm³/mol. The van der Waals surface area contributed by atoms with Gasteiger partial charge in [0.2, 0.25) is 0 Å². The average molecular weight is 247 g/mol. The normalized spacial score (nSPS) is 26.1. The Labute approximate surface area is 108 Å². The maximum atomic E-state index is 6.42. The van der Waals surface area contributed by atoms with Crippen molar-refractivity contribution in [2.45, 2.75) is 54.7 Å². The van der Waals surface area contributed by atoms with Gasteiger partial charge in [0.15, 0.2) is 0 Å². The number of thioether (sulfide) groups is 1. The minimum absolute atomic E-state index is 0.385. The number of nitrogens with two attached hydrogens (primary N) is 1. The van der Waals surface area contributed by atoms with Crippen LogP contribution in [0.4, 0.5) is 0 Å². The smallest absolute Gasteiger partial charge is 0.0287 e. The van der Waals surface area contributed by atoms with E-state index >= 15 is 0 Å². The van der Waals surface area contributed by atoms with Gasteiger partial charge in [0.25, 0.3) is 0 Å². The molecule has 1 saturated carbocycles. The SMILES string of the molecule is NC(CC1CCCC1)C1Cc2ccccc2S1. The first-order valence-corrected chi connectivity index (χ1v) is 7.71. The topological polar surface area (TPSA) is 26.0 Å². The van der Waals surface area contributed by atoms with Gasteiger partial charge < -0.3 is 5.73 Å². The molecule has 0 radical (unpaired) electrons. The molecule has 0 spiro atoms. The van der Waals surface area contributed by atoms with Crippen LogP contribution < -0.4 is 5.73 Å². The Balaban J connectivity index is 1.60. The third-order valence-electron chi connectivity index (χ3n) is 4.23. The summed E-state index contributed by atoms with van der Waals surface area (Å²) in [5, 5.41) is 0.619. The molecule has 3 rings (SSSR count). The molecule has 2 atom stereocenters. The van der Waals surface area contributed by atoms with Crippen LogP contribution in [0.5, 0.6) is 0 Å². The van der Waals surface area contributed by atoms with Crippen LogP contribution in [0.2, 0.25) is 0 Å². The molecule has 1 nitrogen and oxygen atoms in total. The summed E-state index contributed by atoms with van der Waals surface area (Å²) in [6, 6.07) is 9.16. The monoisotopic (exact) mass is 247 g/mol. The summed E-state index contributed by atoms with van der Waals surface area (Å²) in [5.74, 6) is 0.911. The Morgan fingerprint density at radius 2 is 2.00 bits per heavy atom. The Kier molecular flexibility index (Phi) is 3.44. The standard InChI is InChI=1S/C15H21NS/c16-13(9-11-5-1-2-6-11)15-10-12-7-3-4-8-14(12)17-15/h3-4,7-8,11,13,15H,1-2,5-6,9-10,16H2. The minimum Gasteiger partial charge on any atom is -0.327 e. The molecule has 2 aliphatic rings. The highest BCUT2D eigenvalue weighted by Gasteiger charge is 2.29. The number of rotatable bonds is 3. The molecule has 0 bridgehead atoms. The first-order chi connectivity index (χ1) is 8.33. The zero-order chi connectivity index (χ0) is 11.7. The number of hydrogen-bond acceptors (Lipinski definition) is 2. The quantitative estimate of drug-likeness (QED) is 0.883. The molecule has 17 heavy (non-hydrogen) atoms. The van der Waals surface area contributed by atoms with E-state index in [0.717, 1.165) is 5.92 Å². The molecule has 2 N–H and O–H groups in total. The van der Waals surface area contributed by atoms with Gasteiger partial charge in [-0.3, -0.25) is 0 Å². The Hall–Kier alpha value is -0.470. The van der Waals surface area contributed by atoms with E-state index in [-0.39, 0.29) is 0 Å². The number of fused-ring (bicyclic) bond motifs is 1. The Bertz CT molecular complexity index is 359. The first kappa shape index (κ1) is 11.6. The van der Waals surface area contributed by atoms with Gasteiger partial charge >= 0.3 is 0 Å². The molecule has 1 aliphatic heterocycles. The second-order valence-electron chi connectivity index (χ2n) is 5.52. The van der Waals surface area contributed by atoms with Crippen molar-refractivity contribution < 1.29 is 0 Å². The van der Waals surface area contributed by atoms with Crippen LogP contribution in [0.25, 0.3) is 0 Å². The fraction of sp³-hybridized carbons (Fsp3) is 0.600. The van der Waals surface area contributed by atoms with Crippen molar-refractivity contribution in [1.29, 1.82) is 0 Å². The lowest BCUT2D eigenvalue weighted by molar-refractivity contribution is 0.434. The minimum atomic E-state index is 0.385. The van der Waals surface area contributed by atoms with Crippen LogP contribution in [0.1, 0.15) is 37.7 Å². The molecule has 2 unspecified atom stereocenters. The van der Waals surface area contributed by atoms with Crippen LogP contribution in [-0.2, 0) is 6.42 Å². The predicted octanol–water partition coefficient (Wildman–Crippen LogP) is 3.61. The summed E-state index contributed by atoms with van der Waals surface area (Å²) in [6.45, 7) is 0. The van der Waals surface area contributed by atoms with Gasteiger partial charge in [0.05, 0.1) is 0 Å². The molecule has 2 heteroatoms. The highest BCUT2D eigenvalue weighted by Crippen LogP contribution is 2.40. The molecule has 1 aromatic rings. The van der Waals surface area contributed by atoms with Crippen molar-refractivity contribution in [1.82, 2.24) is 0 Å². The van der Waals surface area contributed by atoms with Gasteiger partial charge in [-0.2, -0.15) is 0 Å². The van der Waals surface area contributed by atoms with E-state index in [0.29, 0.717) is 11.3 Å². The first-order valence-electron chi connectivity index (χ1n) is 6.83. The molecule has 1 aliphatic carbocycles. The fourth-order valence-corrected chi connectivity index (χ4v) is 4.57. The molecular weight excluding hydrogens is 226 g/mol. The number of hydrogen-bond donors (Lipinski definition) is 1. The number of benzene rings is 1. The summed E-state index contributed by atoms with van der Waals surface area (Å²) in [4.78, 5) is 1.46. The van der Waals surface area contributed by atoms with Crippen molar-refractivity contribution in [2.75, 3.05) is 0 Å². The van der Waals surface area contributed by atoms with Crippen LogP contribution in [0, 0.1) is 5.92 Å². The third kappa shape index (κ3) is 2.53. The Morgan fingerprint density at radius 3 is 2.76 bits per heavy atom. The summed E-state index contributed by atoms with van der Waals surface area (Å²) < 4.78 is 0. The summed E-state index contributed by atoms with van der Waals surface area (Å²) in [6.07, 6.45) is 8.10. The largest absolute Gasteiger partial charge is 0.327 e.